The molecule has 0 bridgehead atoms. The third-order valence-electron chi connectivity index (χ3n) is 5.27. The van der Waals surface area contributed by atoms with Crippen LogP contribution >= 0.6 is 11.6 Å². The predicted octanol–water partition coefficient (Wildman–Crippen LogP) is 3.05. The van der Waals surface area contributed by atoms with Gasteiger partial charge in [0.2, 0.25) is 0 Å². The summed E-state index contributed by atoms with van der Waals surface area (Å²) in [4.78, 5) is 29.4. The summed E-state index contributed by atoms with van der Waals surface area (Å²) in [6.45, 7) is 0.708. The second kappa shape index (κ2) is 9.50. The number of likely N-dealkylation sites (tertiary alicyclic amines) is 1. The Kier molecular flexibility index (Phi) is 6.96. The number of ether oxygens (including phenoxy) is 2. The van der Waals surface area contributed by atoms with Crippen molar-refractivity contribution in [1.29, 1.82) is 0 Å². The Bertz CT molecular complexity index is 1080. The lowest BCUT2D eigenvalue weighted by atomic mass is 9.94. The van der Waals surface area contributed by atoms with E-state index >= 15 is 0 Å². The first-order valence-corrected chi connectivity index (χ1v) is 10.2. The van der Waals surface area contributed by atoms with Crippen LogP contribution in [0.15, 0.2) is 42.0 Å². The molecule has 1 heterocycles. The fraction of sp³-hybridized carbons (Fsp3) is 0.304. The number of likely N-dealkylation sites (N-methyl/N-ethyl adjacent to an activating group) is 1. The van der Waals surface area contributed by atoms with Crippen LogP contribution in [0.4, 0.5) is 0 Å². The molecular formula is C23H25ClN2O6. The van der Waals surface area contributed by atoms with Crippen LogP contribution in [0, 0.1) is 0 Å². The van der Waals surface area contributed by atoms with Crippen molar-refractivity contribution < 1.29 is 29.3 Å². The number of nitrogens with zero attached hydrogens (tertiary/aromatic N) is 2. The molecule has 1 atom stereocenters. The Morgan fingerprint density at radius 1 is 1.16 bits per heavy atom. The van der Waals surface area contributed by atoms with E-state index in [2.05, 4.69) is 0 Å². The van der Waals surface area contributed by atoms with E-state index in [1.165, 1.54) is 37.3 Å². The third kappa shape index (κ3) is 4.24. The zero-order chi connectivity index (χ0) is 23.6. The number of phenolic OH excluding ortho intramolecular Hbond substituents is 1. The number of aromatic hydroxyl groups is 1. The number of carbonyl (C=O) groups is 2. The number of benzene rings is 2. The van der Waals surface area contributed by atoms with Gasteiger partial charge < -0.3 is 29.5 Å². The van der Waals surface area contributed by atoms with Crippen LogP contribution in [0.2, 0.25) is 5.02 Å². The summed E-state index contributed by atoms with van der Waals surface area (Å²) in [5.74, 6) is -1.68. The Hall–Kier alpha value is -3.23. The minimum Gasteiger partial charge on any atom is -0.507 e. The zero-order valence-electron chi connectivity index (χ0n) is 18.3. The lowest BCUT2D eigenvalue weighted by Gasteiger charge is -2.28. The second-order valence-electron chi connectivity index (χ2n) is 7.54. The first-order chi connectivity index (χ1) is 15.2. The van der Waals surface area contributed by atoms with E-state index < -0.39 is 23.5 Å². The van der Waals surface area contributed by atoms with Crippen molar-refractivity contribution in [1.82, 2.24) is 9.80 Å². The summed E-state index contributed by atoms with van der Waals surface area (Å²) >= 11 is 6.04. The maximum absolute atomic E-state index is 13.1. The van der Waals surface area contributed by atoms with Crippen molar-refractivity contribution in [2.45, 2.75) is 6.04 Å². The van der Waals surface area contributed by atoms with E-state index in [0.29, 0.717) is 23.6 Å². The highest BCUT2D eigenvalue weighted by molar-refractivity contribution is 6.46. The van der Waals surface area contributed by atoms with Crippen LogP contribution in [0.3, 0.4) is 0 Å². The van der Waals surface area contributed by atoms with Crippen LogP contribution in [0.1, 0.15) is 17.2 Å². The van der Waals surface area contributed by atoms with Crippen molar-refractivity contribution >= 4 is 29.1 Å². The Morgan fingerprint density at radius 2 is 1.88 bits per heavy atom. The molecule has 3 rings (SSSR count). The number of halogens is 1. The van der Waals surface area contributed by atoms with Crippen LogP contribution in [0.5, 0.6) is 17.2 Å². The number of methoxy groups -OCH3 is 2. The lowest BCUT2D eigenvalue weighted by molar-refractivity contribution is -0.140. The van der Waals surface area contributed by atoms with Crippen LogP contribution < -0.4 is 9.47 Å². The molecule has 170 valence electrons. The number of aliphatic hydroxyl groups excluding tert-OH is 1. The molecule has 0 aromatic heterocycles. The lowest BCUT2D eigenvalue weighted by Crippen LogP contribution is -2.35. The summed E-state index contributed by atoms with van der Waals surface area (Å²) in [5.41, 5.74) is 0.251. The Morgan fingerprint density at radius 3 is 2.50 bits per heavy atom. The standard InChI is InChI=1S/C23H25ClN2O6/c1-25(2)10-11-26-19(14-6-5-7-17(31-3)22(14)32-4)18(21(29)23(26)30)20(28)15-12-13(24)8-9-16(15)27/h5-9,12,19,27-28H,10-11H2,1-4H3/b20-18+. The molecule has 1 saturated heterocycles. The van der Waals surface area contributed by atoms with E-state index in [-0.39, 0.29) is 28.5 Å². The van der Waals surface area contributed by atoms with Gasteiger partial charge in [-0.05, 0) is 38.4 Å². The molecule has 0 saturated carbocycles. The van der Waals surface area contributed by atoms with Gasteiger partial charge >= 0.3 is 0 Å². The maximum atomic E-state index is 13.1. The molecule has 9 heteroatoms. The van der Waals surface area contributed by atoms with Gasteiger partial charge in [-0.1, -0.05) is 23.7 Å². The van der Waals surface area contributed by atoms with Crippen LogP contribution in [-0.4, -0.2) is 73.1 Å². The topological polar surface area (TPSA) is 99.5 Å². The fourth-order valence-corrected chi connectivity index (χ4v) is 3.88. The molecule has 2 N–H and O–H groups in total. The molecule has 8 nitrogen and oxygen atoms in total. The summed E-state index contributed by atoms with van der Waals surface area (Å²) < 4.78 is 10.9. The average Bonchev–Trinajstić information content (AvgIpc) is 3.02. The predicted molar refractivity (Wildman–Crippen MR) is 120 cm³/mol. The molecule has 32 heavy (non-hydrogen) atoms. The SMILES string of the molecule is COc1cccc(C2/C(=C(\O)c3cc(Cl)ccc3O)C(=O)C(=O)N2CCN(C)C)c1OC. The van der Waals surface area contributed by atoms with E-state index in [0.717, 1.165) is 0 Å². The number of rotatable bonds is 7. The van der Waals surface area contributed by atoms with E-state index in [1.54, 1.807) is 18.2 Å². The summed E-state index contributed by atoms with van der Waals surface area (Å²) in [7, 11) is 6.63. The van der Waals surface area contributed by atoms with Gasteiger partial charge in [-0.3, -0.25) is 9.59 Å². The van der Waals surface area contributed by atoms with Gasteiger partial charge in [-0.25, -0.2) is 0 Å². The molecule has 2 aromatic rings. The highest BCUT2D eigenvalue weighted by Crippen LogP contribution is 2.46. The first-order valence-electron chi connectivity index (χ1n) is 9.84. The van der Waals surface area contributed by atoms with Crippen molar-refractivity contribution in [2.24, 2.45) is 0 Å². The molecule has 0 aliphatic carbocycles. The van der Waals surface area contributed by atoms with E-state index in [9.17, 15) is 19.8 Å². The quantitative estimate of drug-likeness (QED) is 0.372. The number of aliphatic hydroxyl groups is 1. The van der Waals surface area contributed by atoms with Gasteiger partial charge in [-0.2, -0.15) is 0 Å². The monoisotopic (exact) mass is 460 g/mol. The molecule has 0 radical (unpaired) electrons. The van der Waals surface area contributed by atoms with Gasteiger partial charge in [0.15, 0.2) is 11.5 Å². The van der Waals surface area contributed by atoms with Crippen molar-refractivity contribution in [3.8, 4) is 17.2 Å². The van der Waals surface area contributed by atoms with Gasteiger partial charge in [0.25, 0.3) is 11.7 Å². The molecule has 1 amide bonds. The van der Waals surface area contributed by atoms with Gasteiger partial charge in [0, 0.05) is 23.7 Å². The number of carbonyl (C=O) groups excluding carboxylic acids is 2. The summed E-state index contributed by atoms with van der Waals surface area (Å²) in [6.07, 6.45) is 0. The van der Waals surface area contributed by atoms with Gasteiger partial charge in [0.1, 0.15) is 11.5 Å². The van der Waals surface area contributed by atoms with Gasteiger partial charge in [0.05, 0.1) is 31.4 Å². The minimum atomic E-state index is -0.960. The summed E-state index contributed by atoms with van der Waals surface area (Å²) in [5, 5.41) is 21.6. The molecule has 1 aliphatic heterocycles. The highest BCUT2D eigenvalue weighted by Gasteiger charge is 2.47. The van der Waals surface area contributed by atoms with E-state index in [1.807, 2.05) is 19.0 Å². The molecule has 1 unspecified atom stereocenters. The Labute approximate surface area is 191 Å². The number of hydrogen-bond donors (Lipinski definition) is 2. The minimum absolute atomic E-state index is 0.0463. The van der Waals surface area contributed by atoms with E-state index in [4.69, 9.17) is 21.1 Å². The molecule has 2 aromatic carbocycles. The maximum Gasteiger partial charge on any atom is 0.295 e. The zero-order valence-corrected chi connectivity index (χ0v) is 19.0. The molecule has 1 fully saturated rings. The third-order valence-corrected chi connectivity index (χ3v) is 5.50. The smallest absolute Gasteiger partial charge is 0.295 e. The fourth-order valence-electron chi connectivity index (χ4n) is 3.71. The number of phenols is 1. The van der Waals surface area contributed by atoms with Crippen LogP contribution in [0.25, 0.3) is 5.76 Å². The van der Waals surface area contributed by atoms with Gasteiger partial charge in [-0.15, -0.1) is 0 Å². The molecular weight excluding hydrogens is 436 g/mol. The number of hydrogen-bond acceptors (Lipinski definition) is 7. The largest absolute Gasteiger partial charge is 0.507 e. The molecule has 1 aliphatic rings. The van der Waals surface area contributed by atoms with Crippen LogP contribution in [-0.2, 0) is 9.59 Å². The number of para-hydroxylation sites is 1. The molecule has 0 spiro atoms. The van der Waals surface area contributed by atoms with Crippen molar-refractivity contribution in [3.05, 3.63) is 58.1 Å². The second-order valence-corrected chi connectivity index (χ2v) is 7.98. The number of amides is 1. The Balaban J connectivity index is 2.29. The summed E-state index contributed by atoms with van der Waals surface area (Å²) in [6, 6.07) is 8.23. The van der Waals surface area contributed by atoms with Crippen molar-refractivity contribution in [3.63, 3.8) is 0 Å². The number of Topliss-reactive ketones (excluding diaryl/α,β-unsaturated/α-hetero) is 1. The normalized spacial score (nSPS) is 17.8. The van der Waals surface area contributed by atoms with Crippen molar-refractivity contribution in [2.75, 3.05) is 41.4 Å². The number of ketones is 1. The average molecular weight is 461 g/mol. The highest BCUT2D eigenvalue weighted by atomic mass is 35.5. The first kappa shape index (κ1) is 23.4.